The van der Waals surface area contributed by atoms with Crippen molar-refractivity contribution in [2.24, 2.45) is 0 Å². The summed E-state index contributed by atoms with van der Waals surface area (Å²) in [4.78, 5) is 11.6. The summed E-state index contributed by atoms with van der Waals surface area (Å²) < 4.78 is 18.5. The molecule has 0 aliphatic rings. The highest BCUT2D eigenvalue weighted by molar-refractivity contribution is 5.89. The van der Waals surface area contributed by atoms with Crippen LogP contribution < -0.4 is 0 Å². The topological polar surface area (TPSA) is 26.3 Å². The van der Waals surface area contributed by atoms with Crippen molar-refractivity contribution in [3.05, 3.63) is 35.1 Å². The standard InChI is InChI=1S/C15H21FO2/c1-3-4-5-6-7-10-18-15(17)13-9-8-12(2)11-14(13)16/h8-9,11H,3-7,10H2,1-2H3. The van der Waals surface area contributed by atoms with Crippen molar-refractivity contribution in [3.8, 4) is 0 Å². The lowest BCUT2D eigenvalue weighted by atomic mass is 10.1. The number of ether oxygens (including phenoxy) is 1. The van der Waals surface area contributed by atoms with Gasteiger partial charge in [-0.3, -0.25) is 0 Å². The molecule has 0 fully saturated rings. The molecule has 1 aromatic carbocycles. The molecule has 0 saturated carbocycles. The van der Waals surface area contributed by atoms with Crippen LogP contribution in [0.5, 0.6) is 0 Å². The normalized spacial score (nSPS) is 10.4. The monoisotopic (exact) mass is 252 g/mol. The Kier molecular flexibility index (Phi) is 6.40. The summed E-state index contributed by atoms with van der Waals surface area (Å²) in [5.74, 6) is -1.08. The lowest BCUT2D eigenvalue weighted by molar-refractivity contribution is 0.0492. The molecule has 0 atom stereocenters. The van der Waals surface area contributed by atoms with Crippen molar-refractivity contribution in [2.45, 2.75) is 46.0 Å². The van der Waals surface area contributed by atoms with Crippen LogP contribution in [0, 0.1) is 12.7 Å². The summed E-state index contributed by atoms with van der Waals surface area (Å²) in [5.41, 5.74) is 0.817. The maximum atomic E-state index is 13.5. The molecule has 0 radical (unpaired) electrons. The Labute approximate surface area is 108 Å². The molecule has 0 unspecified atom stereocenters. The van der Waals surface area contributed by atoms with Gasteiger partial charge in [0, 0.05) is 0 Å². The molecule has 1 aromatic rings. The molecule has 0 saturated heterocycles. The molecule has 0 aliphatic heterocycles. The molecular weight excluding hydrogens is 231 g/mol. The quantitative estimate of drug-likeness (QED) is 0.535. The summed E-state index contributed by atoms with van der Waals surface area (Å²) in [7, 11) is 0. The Bertz CT molecular complexity index is 388. The maximum absolute atomic E-state index is 13.5. The van der Waals surface area contributed by atoms with E-state index in [0.29, 0.717) is 6.61 Å². The number of hydrogen-bond acceptors (Lipinski definition) is 2. The van der Waals surface area contributed by atoms with E-state index in [1.807, 2.05) is 0 Å². The van der Waals surface area contributed by atoms with Crippen LogP contribution in [-0.4, -0.2) is 12.6 Å². The SMILES string of the molecule is CCCCCCCOC(=O)c1ccc(C)cc1F. The third-order valence-corrected chi connectivity index (χ3v) is 2.83. The zero-order valence-electron chi connectivity index (χ0n) is 11.2. The van der Waals surface area contributed by atoms with Crippen molar-refractivity contribution < 1.29 is 13.9 Å². The van der Waals surface area contributed by atoms with Gasteiger partial charge in [-0.05, 0) is 31.0 Å². The van der Waals surface area contributed by atoms with Crippen LogP contribution in [-0.2, 0) is 4.74 Å². The average molecular weight is 252 g/mol. The van der Waals surface area contributed by atoms with Gasteiger partial charge < -0.3 is 4.74 Å². The third kappa shape index (κ3) is 4.86. The third-order valence-electron chi connectivity index (χ3n) is 2.83. The highest BCUT2D eigenvalue weighted by atomic mass is 19.1. The van der Waals surface area contributed by atoms with Gasteiger partial charge in [0.2, 0.25) is 0 Å². The Morgan fingerprint density at radius 1 is 1.22 bits per heavy atom. The number of carbonyl (C=O) groups excluding carboxylic acids is 1. The molecule has 0 spiro atoms. The van der Waals surface area contributed by atoms with Crippen molar-refractivity contribution in [1.29, 1.82) is 0 Å². The second-order valence-electron chi connectivity index (χ2n) is 4.53. The van der Waals surface area contributed by atoms with Gasteiger partial charge in [-0.1, -0.05) is 38.7 Å². The van der Waals surface area contributed by atoms with Crippen molar-refractivity contribution in [1.82, 2.24) is 0 Å². The minimum absolute atomic E-state index is 0.0224. The molecule has 0 bridgehead atoms. The van der Waals surface area contributed by atoms with Crippen LogP contribution in [0.2, 0.25) is 0 Å². The predicted molar refractivity (Wildman–Crippen MR) is 70.2 cm³/mol. The van der Waals surface area contributed by atoms with Crippen molar-refractivity contribution in [2.75, 3.05) is 6.61 Å². The van der Waals surface area contributed by atoms with Gasteiger partial charge in [0.25, 0.3) is 0 Å². The van der Waals surface area contributed by atoms with Gasteiger partial charge in [0.05, 0.1) is 12.2 Å². The number of carbonyl (C=O) groups is 1. The van der Waals surface area contributed by atoms with Gasteiger partial charge in [0.1, 0.15) is 5.82 Å². The summed E-state index contributed by atoms with van der Waals surface area (Å²) in [5, 5.41) is 0. The first-order valence-electron chi connectivity index (χ1n) is 6.58. The van der Waals surface area contributed by atoms with Gasteiger partial charge in [-0.2, -0.15) is 0 Å². The summed E-state index contributed by atoms with van der Waals surface area (Å²) in [6, 6.07) is 4.53. The molecule has 0 N–H and O–H groups in total. The molecule has 100 valence electrons. The fourth-order valence-corrected chi connectivity index (χ4v) is 1.73. The van der Waals surface area contributed by atoms with E-state index in [2.05, 4.69) is 6.92 Å². The first kappa shape index (κ1) is 14.7. The van der Waals surface area contributed by atoms with E-state index in [-0.39, 0.29) is 5.56 Å². The van der Waals surface area contributed by atoms with Crippen LogP contribution in [0.25, 0.3) is 0 Å². The van der Waals surface area contributed by atoms with Crippen molar-refractivity contribution >= 4 is 5.97 Å². The van der Waals surface area contributed by atoms with Gasteiger partial charge >= 0.3 is 5.97 Å². The van der Waals surface area contributed by atoms with Crippen molar-refractivity contribution in [3.63, 3.8) is 0 Å². The lowest BCUT2D eigenvalue weighted by Gasteiger charge is -2.06. The molecule has 0 amide bonds. The van der Waals surface area contributed by atoms with Crippen LogP contribution >= 0.6 is 0 Å². The number of benzene rings is 1. The number of aryl methyl sites for hydroxylation is 1. The highest BCUT2D eigenvalue weighted by Gasteiger charge is 2.12. The Morgan fingerprint density at radius 2 is 1.94 bits per heavy atom. The molecular formula is C15H21FO2. The second-order valence-corrected chi connectivity index (χ2v) is 4.53. The van der Waals surface area contributed by atoms with Gasteiger partial charge in [0.15, 0.2) is 0 Å². The molecule has 0 aromatic heterocycles. The minimum atomic E-state index is -0.567. The minimum Gasteiger partial charge on any atom is -0.462 e. The van der Waals surface area contributed by atoms with E-state index in [0.717, 1.165) is 24.8 Å². The first-order valence-corrected chi connectivity index (χ1v) is 6.58. The summed E-state index contributed by atoms with van der Waals surface area (Å²) >= 11 is 0. The Morgan fingerprint density at radius 3 is 2.61 bits per heavy atom. The van der Waals surface area contributed by atoms with Crippen LogP contribution in [0.3, 0.4) is 0 Å². The molecule has 3 heteroatoms. The molecule has 0 aliphatic carbocycles. The van der Waals surface area contributed by atoms with E-state index in [1.165, 1.54) is 25.0 Å². The summed E-state index contributed by atoms with van der Waals surface area (Å²) in [6.45, 7) is 4.31. The number of hydrogen-bond donors (Lipinski definition) is 0. The second kappa shape index (κ2) is 7.85. The fourth-order valence-electron chi connectivity index (χ4n) is 1.73. The zero-order valence-corrected chi connectivity index (χ0v) is 11.2. The number of esters is 1. The highest BCUT2D eigenvalue weighted by Crippen LogP contribution is 2.11. The largest absolute Gasteiger partial charge is 0.462 e. The molecule has 0 heterocycles. The Hall–Kier alpha value is -1.38. The van der Waals surface area contributed by atoms with E-state index in [1.54, 1.807) is 13.0 Å². The zero-order chi connectivity index (χ0) is 13.4. The Balaban J connectivity index is 2.32. The smallest absolute Gasteiger partial charge is 0.341 e. The van der Waals surface area contributed by atoms with Crippen LogP contribution in [0.1, 0.15) is 54.9 Å². The van der Waals surface area contributed by atoms with Crippen LogP contribution in [0.4, 0.5) is 4.39 Å². The number of halogens is 1. The van der Waals surface area contributed by atoms with Crippen LogP contribution in [0.15, 0.2) is 18.2 Å². The first-order chi connectivity index (χ1) is 8.65. The maximum Gasteiger partial charge on any atom is 0.341 e. The van der Waals surface area contributed by atoms with Gasteiger partial charge in [-0.25, -0.2) is 9.18 Å². The molecule has 1 rings (SSSR count). The summed E-state index contributed by atoms with van der Waals surface area (Å²) in [6.07, 6.45) is 5.46. The molecule has 2 nitrogen and oxygen atoms in total. The van der Waals surface area contributed by atoms with E-state index < -0.39 is 11.8 Å². The van der Waals surface area contributed by atoms with E-state index >= 15 is 0 Å². The average Bonchev–Trinajstić information content (AvgIpc) is 2.33. The number of unbranched alkanes of at least 4 members (excludes halogenated alkanes) is 4. The number of rotatable bonds is 7. The fraction of sp³-hybridized carbons (Fsp3) is 0.533. The predicted octanol–water partition coefficient (Wildman–Crippen LogP) is 4.26. The van der Waals surface area contributed by atoms with E-state index in [9.17, 15) is 9.18 Å². The lowest BCUT2D eigenvalue weighted by Crippen LogP contribution is -2.08. The van der Waals surface area contributed by atoms with E-state index in [4.69, 9.17) is 4.74 Å². The molecule has 18 heavy (non-hydrogen) atoms. The van der Waals surface area contributed by atoms with Gasteiger partial charge in [-0.15, -0.1) is 0 Å².